The van der Waals surface area contributed by atoms with E-state index in [1.54, 1.807) is 31.4 Å². The number of ether oxygens (including phenoxy) is 2. The molecule has 0 aliphatic carbocycles. The lowest BCUT2D eigenvalue weighted by Crippen LogP contribution is -2.45. The molecule has 3 rings (SSSR count). The molecule has 0 spiro atoms. The zero-order valence-corrected chi connectivity index (χ0v) is 17.5. The highest BCUT2D eigenvalue weighted by Crippen LogP contribution is 2.36. The van der Waals surface area contributed by atoms with Crippen LogP contribution in [0.5, 0.6) is 11.5 Å². The molecule has 0 bridgehead atoms. The number of amides is 1. The number of methoxy groups -OCH3 is 2. The highest BCUT2D eigenvalue weighted by atomic mass is 32.2. The fourth-order valence-corrected chi connectivity index (χ4v) is 4.33. The second-order valence-electron chi connectivity index (χ2n) is 6.21. The average molecular weight is 430 g/mol. The van der Waals surface area contributed by atoms with Gasteiger partial charge in [-0.1, -0.05) is 60.4 Å². The number of thioether (sulfide) groups is 1. The van der Waals surface area contributed by atoms with E-state index in [9.17, 15) is 14.7 Å². The number of carboxylic acids is 1. The summed E-state index contributed by atoms with van der Waals surface area (Å²) >= 11 is 6.42. The van der Waals surface area contributed by atoms with Crippen LogP contribution in [0.25, 0.3) is 6.08 Å². The van der Waals surface area contributed by atoms with E-state index in [1.165, 1.54) is 12.0 Å². The van der Waals surface area contributed by atoms with Crippen molar-refractivity contribution < 1.29 is 24.2 Å². The van der Waals surface area contributed by atoms with E-state index < -0.39 is 17.9 Å². The van der Waals surface area contributed by atoms with Crippen LogP contribution >= 0.6 is 24.0 Å². The van der Waals surface area contributed by atoms with Crippen molar-refractivity contribution in [3.05, 3.63) is 64.6 Å². The number of rotatable bonds is 7. The Morgan fingerprint density at radius 1 is 1.17 bits per heavy atom. The second kappa shape index (κ2) is 9.11. The number of hydrogen-bond acceptors (Lipinski definition) is 6. The molecule has 1 saturated heterocycles. The Morgan fingerprint density at radius 2 is 1.86 bits per heavy atom. The molecular weight excluding hydrogens is 410 g/mol. The van der Waals surface area contributed by atoms with E-state index in [-0.39, 0.29) is 10.7 Å². The standard InChI is InChI=1S/C21H19NO5S2/c1-26-16-9-8-14(11-17(16)27-2)12-18-19(23)22(21(28)29-18)15(20(24)25)10-13-6-4-3-5-7-13/h3-9,11-12,15H,10H2,1-2H3,(H,24,25)/b18-12+/t15-/m1/s1. The molecule has 6 nitrogen and oxygen atoms in total. The van der Waals surface area contributed by atoms with Crippen molar-refractivity contribution in [2.45, 2.75) is 12.5 Å². The van der Waals surface area contributed by atoms with Crippen molar-refractivity contribution >= 4 is 46.3 Å². The van der Waals surface area contributed by atoms with E-state index in [0.717, 1.165) is 22.9 Å². The van der Waals surface area contributed by atoms with E-state index in [1.807, 2.05) is 30.3 Å². The molecule has 0 aromatic heterocycles. The molecule has 29 heavy (non-hydrogen) atoms. The Labute approximate surface area is 178 Å². The Balaban J connectivity index is 1.88. The van der Waals surface area contributed by atoms with Crippen LogP contribution in [0, 0.1) is 0 Å². The monoisotopic (exact) mass is 429 g/mol. The normalized spacial score (nSPS) is 16.2. The highest BCUT2D eigenvalue weighted by molar-refractivity contribution is 8.26. The highest BCUT2D eigenvalue weighted by Gasteiger charge is 2.40. The number of carbonyl (C=O) groups excluding carboxylic acids is 1. The quantitative estimate of drug-likeness (QED) is 0.532. The molecule has 1 aliphatic heterocycles. The van der Waals surface area contributed by atoms with Gasteiger partial charge >= 0.3 is 5.97 Å². The fourth-order valence-electron chi connectivity index (χ4n) is 2.97. The summed E-state index contributed by atoms with van der Waals surface area (Å²) in [5.74, 6) is -0.411. The molecule has 2 aromatic carbocycles. The fraction of sp³-hybridized carbons (Fsp3) is 0.190. The van der Waals surface area contributed by atoms with Crippen LogP contribution in [0.1, 0.15) is 11.1 Å². The van der Waals surface area contributed by atoms with Crippen molar-refractivity contribution in [2.75, 3.05) is 14.2 Å². The summed E-state index contributed by atoms with van der Waals surface area (Å²) in [6, 6.07) is 13.4. The summed E-state index contributed by atoms with van der Waals surface area (Å²) in [6.07, 6.45) is 1.84. The molecule has 0 unspecified atom stereocenters. The van der Waals surface area contributed by atoms with Crippen LogP contribution in [0.2, 0.25) is 0 Å². The minimum Gasteiger partial charge on any atom is -0.493 e. The number of hydrogen-bond donors (Lipinski definition) is 1. The average Bonchev–Trinajstić information content (AvgIpc) is 2.99. The maximum absolute atomic E-state index is 13.0. The predicted octanol–water partition coefficient (Wildman–Crippen LogP) is 3.60. The first-order chi connectivity index (χ1) is 13.9. The molecule has 8 heteroatoms. The van der Waals surface area contributed by atoms with Gasteiger partial charge < -0.3 is 14.6 Å². The lowest BCUT2D eigenvalue weighted by molar-refractivity contribution is -0.145. The third-order valence-corrected chi connectivity index (χ3v) is 5.73. The number of carboxylic acid groups (broad SMARTS) is 1. The van der Waals surface area contributed by atoms with Gasteiger partial charge in [-0.3, -0.25) is 9.69 Å². The summed E-state index contributed by atoms with van der Waals surface area (Å²) in [5.41, 5.74) is 1.54. The summed E-state index contributed by atoms with van der Waals surface area (Å²) in [7, 11) is 3.07. The van der Waals surface area contributed by atoms with Crippen LogP contribution in [-0.4, -0.2) is 46.5 Å². The minimum atomic E-state index is -1.10. The lowest BCUT2D eigenvalue weighted by Gasteiger charge is -2.23. The van der Waals surface area contributed by atoms with Crippen LogP contribution in [-0.2, 0) is 16.0 Å². The third-order valence-electron chi connectivity index (χ3n) is 4.40. The SMILES string of the molecule is COc1ccc(/C=C2/SC(=S)N([C@H](Cc3ccccc3)C(=O)O)C2=O)cc1OC. The van der Waals surface area contributed by atoms with Gasteiger partial charge in [0.1, 0.15) is 10.4 Å². The van der Waals surface area contributed by atoms with Crippen LogP contribution in [0.15, 0.2) is 53.4 Å². The molecule has 2 aromatic rings. The van der Waals surface area contributed by atoms with Gasteiger partial charge in [0.05, 0.1) is 19.1 Å². The van der Waals surface area contributed by atoms with E-state index in [4.69, 9.17) is 21.7 Å². The summed E-state index contributed by atoms with van der Waals surface area (Å²) < 4.78 is 10.7. The molecule has 1 heterocycles. The number of benzene rings is 2. The van der Waals surface area contributed by atoms with Crippen molar-refractivity contribution in [1.82, 2.24) is 4.90 Å². The van der Waals surface area contributed by atoms with Crippen molar-refractivity contribution in [3.63, 3.8) is 0 Å². The Kier molecular flexibility index (Phi) is 6.56. The van der Waals surface area contributed by atoms with Gasteiger partial charge in [-0.25, -0.2) is 4.79 Å². The topological polar surface area (TPSA) is 76.1 Å². The lowest BCUT2D eigenvalue weighted by atomic mass is 10.0. The Bertz CT molecular complexity index is 974. The number of aliphatic carboxylic acids is 1. The van der Waals surface area contributed by atoms with E-state index in [0.29, 0.717) is 16.4 Å². The Hall–Kier alpha value is -2.84. The number of thiocarbonyl (C=S) groups is 1. The minimum absolute atomic E-state index is 0.173. The first kappa shape index (κ1) is 20.9. The summed E-state index contributed by atoms with van der Waals surface area (Å²) in [4.78, 5) is 26.4. The predicted molar refractivity (Wildman–Crippen MR) is 116 cm³/mol. The van der Waals surface area contributed by atoms with Crippen molar-refractivity contribution in [1.29, 1.82) is 0 Å². The van der Waals surface area contributed by atoms with Crippen LogP contribution in [0.3, 0.4) is 0 Å². The summed E-state index contributed by atoms with van der Waals surface area (Å²) in [5, 5.41) is 9.72. The maximum atomic E-state index is 13.0. The molecule has 1 N–H and O–H groups in total. The molecule has 1 amide bonds. The molecule has 150 valence electrons. The zero-order chi connectivity index (χ0) is 21.0. The first-order valence-corrected chi connectivity index (χ1v) is 9.93. The van der Waals surface area contributed by atoms with Gasteiger partial charge in [-0.15, -0.1) is 0 Å². The molecule has 1 aliphatic rings. The molecular formula is C21H19NO5S2. The van der Waals surface area contributed by atoms with Crippen LogP contribution < -0.4 is 9.47 Å². The molecule has 0 saturated carbocycles. The van der Waals surface area contributed by atoms with Gasteiger partial charge in [0.25, 0.3) is 5.91 Å². The van der Waals surface area contributed by atoms with Crippen molar-refractivity contribution in [2.24, 2.45) is 0 Å². The van der Waals surface area contributed by atoms with Gasteiger partial charge in [0.2, 0.25) is 0 Å². The molecule has 0 radical (unpaired) electrons. The van der Waals surface area contributed by atoms with Crippen LogP contribution in [0.4, 0.5) is 0 Å². The van der Waals surface area contributed by atoms with E-state index >= 15 is 0 Å². The van der Waals surface area contributed by atoms with Gasteiger partial charge in [-0.05, 0) is 29.3 Å². The van der Waals surface area contributed by atoms with Gasteiger partial charge in [-0.2, -0.15) is 0 Å². The zero-order valence-electron chi connectivity index (χ0n) is 15.8. The second-order valence-corrected chi connectivity index (χ2v) is 7.89. The third kappa shape index (κ3) is 4.60. The number of carbonyl (C=O) groups is 2. The van der Waals surface area contributed by atoms with Gasteiger partial charge in [0.15, 0.2) is 11.5 Å². The number of nitrogens with zero attached hydrogens (tertiary/aromatic N) is 1. The summed E-state index contributed by atoms with van der Waals surface area (Å²) in [6.45, 7) is 0. The van der Waals surface area contributed by atoms with Gasteiger partial charge in [0, 0.05) is 6.42 Å². The molecule has 1 atom stereocenters. The first-order valence-electron chi connectivity index (χ1n) is 8.70. The van der Waals surface area contributed by atoms with E-state index in [2.05, 4.69) is 0 Å². The van der Waals surface area contributed by atoms with Crippen molar-refractivity contribution in [3.8, 4) is 11.5 Å². The maximum Gasteiger partial charge on any atom is 0.327 e. The largest absolute Gasteiger partial charge is 0.493 e. The smallest absolute Gasteiger partial charge is 0.327 e. The Morgan fingerprint density at radius 3 is 2.48 bits per heavy atom. The molecule has 1 fully saturated rings.